The summed E-state index contributed by atoms with van der Waals surface area (Å²) in [6.45, 7) is 4.01. The average Bonchev–Trinajstić information content (AvgIpc) is 3.57. The highest BCUT2D eigenvalue weighted by atomic mass is 35.5. The summed E-state index contributed by atoms with van der Waals surface area (Å²) in [5.74, 6) is -1.25. The molecule has 2 unspecified atom stereocenters. The van der Waals surface area contributed by atoms with Gasteiger partial charge in [0.1, 0.15) is 0 Å². The number of fused-ring (bicyclic) bond motifs is 3. The largest absolute Gasteiger partial charge is 0.418 e. The summed E-state index contributed by atoms with van der Waals surface area (Å²) in [6, 6.07) is 4.09. The molecule has 1 aromatic carbocycles. The van der Waals surface area contributed by atoms with Crippen LogP contribution in [0.2, 0.25) is 5.02 Å². The predicted molar refractivity (Wildman–Crippen MR) is 197 cm³/mol. The van der Waals surface area contributed by atoms with E-state index in [0.717, 1.165) is 49.7 Å². The van der Waals surface area contributed by atoms with E-state index in [1.165, 1.54) is 26.0 Å². The first-order valence-electron chi connectivity index (χ1n) is 18.6. The molecule has 15 heteroatoms. The van der Waals surface area contributed by atoms with Gasteiger partial charge in [0.15, 0.2) is 0 Å². The quantitative estimate of drug-likeness (QED) is 0.350. The molecular weight excluding hydrogens is 715 g/mol. The maximum Gasteiger partial charge on any atom is 0.418 e. The van der Waals surface area contributed by atoms with Crippen molar-refractivity contribution >= 4 is 52.2 Å². The lowest BCUT2D eigenvalue weighted by Gasteiger charge is -2.45. The molecule has 2 N–H and O–H groups in total. The molecule has 5 aliphatic heterocycles. The van der Waals surface area contributed by atoms with Crippen LogP contribution in [-0.2, 0) is 28.6 Å². The molecule has 3 atom stereocenters. The summed E-state index contributed by atoms with van der Waals surface area (Å²) in [7, 11) is 3.61. The molecule has 284 valence electrons. The van der Waals surface area contributed by atoms with Gasteiger partial charge in [-0.2, -0.15) is 13.2 Å². The Balaban J connectivity index is 1.02. The first-order chi connectivity index (χ1) is 24.9. The standard InChI is InChI=1S/C37H49ClF3N7O3S/c1-42-34-30(37(39,40)41)16-23(17-31(34)38)15-25(35(50)47-13-11-45(12-14-47)29-19-27-3-4-28(20-29)44(27)2)18-33(49)46-8-6-26(7-9-46)48-10-5-24-21-52-22-32(24)43-36(48)51/h16-17,21-22,25-29,42H,3-15,18-20H2,1-2H3,(H,43,51)/t25-,27?,28?,29?/m0/s1. The Morgan fingerprint density at radius 1 is 0.942 bits per heavy atom. The molecule has 4 fully saturated rings. The van der Waals surface area contributed by atoms with Gasteiger partial charge in [-0.25, -0.2) is 4.79 Å². The summed E-state index contributed by atoms with van der Waals surface area (Å²) in [6.07, 6.45) is 1.94. The normalized spacial score (nSPS) is 25.5. The van der Waals surface area contributed by atoms with E-state index in [4.69, 9.17) is 11.6 Å². The third-order valence-electron chi connectivity index (χ3n) is 12.3. The Hall–Kier alpha value is -3.07. The van der Waals surface area contributed by atoms with Crippen LogP contribution in [0.1, 0.15) is 61.6 Å². The maximum atomic E-state index is 14.3. The summed E-state index contributed by atoms with van der Waals surface area (Å²) in [5, 5.41) is 9.50. The molecule has 2 bridgehead atoms. The van der Waals surface area contributed by atoms with E-state index in [1.807, 2.05) is 10.3 Å². The minimum Gasteiger partial charge on any atom is -0.386 e. The van der Waals surface area contributed by atoms with Crippen LogP contribution in [0.15, 0.2) is 22.9 Å². The zero-order valence-electron chi connectivity index (χ0n) is 29.9. The third kappa shape index (κ3) is 7.76. The Morgan fingerprint density at radius 2 is 1.63 bits per heavy atom. The number of benzene rings is 1. The number of hydrogen-bond donors (Lipinski definition) is 2. The summed E-state index contributed by atoms with van der Waals surface area (Å²) < 4.78 is 42.3. The third-order valence-corrected chi connectivity index (χ3v) is 13.4. The van der Waals surface area contributed by atoms with E-state index >= 15 is 0 Å². The van der Waals surface area contributed by atoms with Crippen molar-refractivity contribution in [2.75, 3.05) is 70.5 Å². The number of rotatable bonds is 8. The zero-order chi connectivity index (χ0) is 36.7. The number of anilines is 2. The van der Waals surface area contributed by atoms with Crippen LogP contribution in [0, 0.1) is 5.92 Å². The van der Waals surface area contributed by atoms with E-state index in [9.17, 15) is 27.6 Å². The molecule has 0 radical (unpaired) electrons. The van der Waals surface area contributed by atoms with E-state index < -0.39 is 17.7 Å². The fourth-order valence-electron chi connectivity index (χ4n) is 9.31. The van der Waals surface area contributed by atoms with Crippen molar-refractivity contribution in [3.63, 3.8) is 0 Å². The molecule has 5 aliphatic rings. The molecule has 0 aliphatic carbocycles. The fourth-order valence-corrected chi connectivity index (χ4v) is 10.5. The second-order valence-corrected chi connectivity index (χ2v) is 16.3. The van der Waals surface area contributed by atoms with Crippen LogP contribution in [-0.4, -0.2) is 126 Å². The molecule has 7 rings (SSSR count). The van der Waals surface area contributed by atoms with Crippen molar-refractivity contribution in [1.29, 1.82) is 0 Å². The number of likely N-dealkylation sites (tertiary alicyclic amines) is 1. The molecular formula is C37H49ClF3N7O3S. The van der Waals surface area contributed by atoms with Gasteiger partial charge in [-0.05, 0) is 87.1 Å². The number of halogens is 4. The minimum atomic E-state index is -4.66. The Morgan fingerprint density at radius 3 is 2.29 bits per heavy atom. The maximum absolute atomic E-state index is 14.3. The molecule has 0 spiro atoms. The average molecular weight is 764 g/mol. The first-order valence-corrected chi connectivity index (χ1v) is 19.9. The zero-order valence-corrected chi connectivity index (χ0v) is 31.5. The number of urea groups is 1. The van der Waals surface area contributed by atoms with Crippen molar-refractivity contribution in [3.8, 4) is 0 Å². The lowest BCUT2D eigenvalue weighted by Crippen LogP contribution is -2.56. The number of carbonyl (C=O) groups excluding carboxylic acids is 3. The number of piperidine rings is 2. The topological polar surface area (TPSA) is 91.5 Å². The molecule has 1 aromatic heterocycles. The highest BCUT2D eigenvalue weighted by Gasteiger charge is 2.42. The summed E-state index contributed by atoms with van der Waals surface area (Å²) in [4.78, 5) is 51.6. The van der Waals surface area contributed by atoms with Gasteiger partial charge in [0.05, 0.1) is 27.9 Å². The summed E-state index contributed by atoms with van der Waals surface area (Å²) >= 11 is 7.92. The van der Waals surface area contributed by atoms with Gasteiger partial charge >= 0.3 is 12.2 Å². The van der Waals surface area contributed by atoms with Gasteiger partial charge in [-0.15, -0.1) is 11.3 Å². The number of thiophene rings is 1. The smallest absolute Gasteiger partial charge is 0.386 e. The predicted octanol–water partition coefficient (Wildman–Crippen LogP) is 5.86. The van der Waals surface area contributed by atoms with Crippen molar-refractivity contribution in [3.05, 3.63) is 44.6 Å². The fraction of sp³-hybridized carbons (Fsp3) is 0.649. The number of nitrogens with zero attached hydrogens (tertiary/aromatic N) is 5. The van der Waals surface area contributed by atoms with E-state index in [2.05, 4.69) is 32.9 Å². The monoisotopic (exact) mass is 763 g/mol. The lowest BCUT2D eigenvalue weighted by atomic mass is 9.91. The van der Waals surface area contributed by atoms with Gasteiger partial charge in [-0.3, -0.25) is 14.5 Å². The molecule has 6 heterocycles. The SMILES string of the molecule is CNc1c(Cl)cc(C[C@@H](CC(=O)N2CCC(N3CCc4cscc4NC3=O)CC2)C(=O)N2CCN(C3CC4CCC(C3)N4C)CC2)cc1C(F)(F)F. The second-order valence-electron chi connectivity index (χ2n) is 15.2. The van der Waals surface area contributed by atoms with Gasteiger partial charge in [0, 0.05) is 88.8 Å². The van der Waals surface area contributed by atoms with Crippen LogP contribution in [0.4, 0.5) is 29.3 Å². The molecule has 2 aromatic rings. The van der Waals surface area contributed by atoms with Crippen molar-refractivity contribution < 1.29 is 27.6 Å². The number of amides is 4. The van der Waals surface area contributed by atoms with E-state index in [0.29, 0.717) is 63.7 Å². The number of carbonyl (C=O) groups is 3. The van der Waals surface area contributed by atoms with Gasteiger partial charge < -0.3 is 30.2 Å². The Labute approximate surface area is 312 Å². The molecule has 4 saturated heterocycles. The van der Waals surface area contributed by atoms with Crippen molar-refractivity contribution in [1.82, 2.24) is 24.5 Å². The molecule has 52 heavy (non-hydrogen) atoms. The number of piperazine rings is 1. The van der Waals surface area contributed by atoms with Gasteiger partial charge in [-0.1, -0.05) is 11.6 Å². The number of hydrogen-bond acceptors (Lipinski definition) is 7. The highest BCUT2D eigenvalue weighted by molar-refractivity contribution is 7.08. The van der Waals surface area contributed by atoms with E-state index in [1.54, 1.807) is 21.1 Å². The van der Waals surface area contributed by atoms with Gasteiger partial charge in [0.2, 0.25) is 11.8 Å². The van der Waals surface area contributed by atoms with Crippen LogP contribution in [0.3, 0.4) is 0 Å². The Bertz CT molecular complexity index is 1630. The van der Waals surface area contributed by atoms with Gasteiger partial charge in [0.25, 0.3) is 0 Å². The second kappa shape index (κ2) is 15.3. The van der Waals surface area contributed by atoms with Crippen molar-refractivity contribution in [2.45, 2.75) is 88.1 Å². The molecule has 4 amide bonds. The van der Waals surface area contributed by atoms with E-state index in [-0.39, 0.29) is 53.0 Å². The first kappa shape index (κ1) is 37.3. The van der Waals surface area contributed by atoms with Crippen LogP contribution >= 0.6 is 22.9 Å². The van der Waals surface area contributed by atoms with Crippen LogP contribution in [0.5, 0.6) is 0 Å². The Kier molecular flexibility index (Phi) is 11.0. The van der Waals surface area contributed by atoms with Crippen LogP contribution < -0.4 is 10.6 Å². The summed E-state index contributed by atoms with van der Waals surface area (Å²) in [5.41, 5.74) is 1.14. The molecule has 0 saturated carbocycles. The highest BCUT2D eigenvalue weighted by Crippen LogP contribution is 2.40. The minimum absolute atomic E-state index is 0.0150. The van der Waals surface area contributed by atoms with Crippen molar-refractivity contribution in [2.24, 2.45) is 5.92 Å². The molecule has 10 nitrogen and oxygen atoms in total. The van der Waals surface area contributed by atoms with Crippen LogP contribution in [0.25, 0.3) is 0 Å². The number of alkyl halides is 3. The number of nitrogens with one attached hydrogen (secondary N) is 2. The lowest BCUT2D eigenvalue weighted by molar-refractivity contribution is -0.143.